The van der Waals surface area contributed by atoms with Crippen molar-refractivity contribution >= 4 is 21.5 Å². The fraction of sp³-hybridized carbons (Fsp3) is 0.0769. The highest BCUT2D eigenvalue weighted by Gasteiger charge is 2.12. The average molecular weight is 362 g/mol. The van der Waals surface area contributed by atoms with Crippen molar-refractivity contribution in [2.24, 2.45) is 0 Å². The lowest BCUT2D eigenvalue weighted by Crippen LogP contribution is -2.36. The van der Waals surface area contributed by atoms with E-state index in [1.807, 2.05) is 0 Å². The molecule has 0 aliphatic heterocycles. The fourth-order valence-electron chi connectivity index (χ4n) is 3.81. The molecule has 0 unspecified atom stereocenters. The van der Waals surface area contributed by atoms with Crippen LogP contribution in [-0.4, -0.2) is 0 Å². The van der Waals surface area contributed by atoms with Crippen LogP contribution in [0.3, 0.4) is 0 Å². The SMILES string of the molecule is c1ccc(C[n+]2ccc3ccccc3c2)c(C[n+]2ccc3ccccc3c2)c1. The molecule has 0 fully saturated rings. The Morgan fingerprint density at radius 3 is 1.29 bits per heavy atom. The third-order valence-electron chi connectivity index (χ3n) is 5.32. The van der Waals surface area contributed by atoms with Crippen LogP contribution in [0.5, 0.6) is 0 Å². The average Bonchev–Trinajstić information content (AvgIpc) is 2.75. The molecule has 0 aliphatic carbocycles. The molecule has 0 bridgehead atoms. The predicted octanol–water partition coefficient (Wildman–Crippen LogP) is 4.66. The highest BCUT2D eigenvalue weighted by Crippen LogP contribution is 2.13. The van der Waals surface area contributed by atoms with Gasteiger partial charge in [0.25, 0.3) is 0 Å². The van der Waals surface area contributed by atoms with Crippen molar-refractivity contribution in [2.45, 2.75) is 13.1 Å². The number of rotatable bonds is 4. The molecule has 5 aromatic rings. The van der Waals surface area contributed by atoms with Gasteiger partial charge in [-0.15, -0.1) is 0 Å². The maximum atomic E-state index is 2.27. The molecular formula is C26H22N2+2. The number of benzene rings is 3. The number of hydrogen-bond acceptors (Lipinski definition) is 0. The molecule has 0 atom stereocenters. The van der Waals surface area contributed by atoms with Gasteiger partial charge in [-0.1, -0.05) is 60.7 Å². The number of hydrogen-bond donors (Lipinski definition) is 0. The van der Waals surface area contributed by atoms with Crippen LogP contribution in [0.15, 0.2) is 110 Å². The smallest absolute Gasteiger partial charge is 0.176 e. The van der Waals surface area contributed by atoms with Gasteiger partial charge in [0.05, 0.1) is 0 Å². The lowest BCUT2D eigenvalue weighted by Gasteiger charge is -2.06. The van der Waals surface area contributed by atoms with Crippen LogP contribution < -0.4 is 9.13 Å². The molecule has 2 heteroatoms. The minimum Gasteiger partial charge on any atom is -0.200 e. The Hall–Kier alpha value is -3.52. The van der Waals surface area contributed by atoms with Gasteiger partial charge in [0, 0.05) is 34.0 Å². The zero-order valence-electron chi connectivity index (χ0n) is 15.7. The quantitative estimate of drug-likeness (QED) is 0.411. The maximum Gasteiger partial charge on any atom is 0.176 e. The van der Waals surface area contributed by atoms with E-state index in [-0.39, 0.29) is 0 Å². The Labute approximate surface area is 164 Å². The molecule has 0 amide bonds. The van der Waals surface area contributed by atoms with Crippen molar-refractivity contribution in [3.8, 4) is 0 Å². The molecule has 0 saturated carbocycles. The minimum atomic E-state index is 0.870. The number of aromatic nitrogens is 2. The molecule has 28 heavy (non-hydrogen) atoms. The lowest BCUT2D eigenvalue weighted by molar-refractivity contribution is -0.692. The molecule has 0 radical (unpaired) electrons. The number of fused-ring (bicyclic) bond motifs is 2. The second-order valence-electron chi connectivity index (χ2n) is 7.26. The first-order valence-electron chi connectivity index (χ1n) is 9.68. The maximum absolute atomic E-state index is 2.27. The Balaban J connectivity index is 1.45. The Morgan fingerprint density at radius 1 is 0.429 bits per heavy atom. The lowest BCUT2D eigenvalue weighted by atomic mass is 10.1. The third-order valence-corrected chi connectivity index (χ3v) is 5.32. The van der Waals surface area contributed by atoms with E-state index in [0.717, 1.165) is 13.1 Å². The van der Waals surface area contributed by atoms with Crippen molar-refractivity contribution in [3.63, 3.8) is 0 Å². The van der Waals surface area contributed by atoms with Crippen LogP contribution in [0.1, 0.15) is 11.1 Å². The summed E-state index contributed by atoms with van der Waals surface area (Å²) in [6.45, 7) is 1.74. The van der Waals surface area contributed by atoms with Crippen molar-refractivity contribution in [3.05, 3.63) is 121 Å². The van der Waals surface area contributed by atoms with E-state index in [1.165, 1.54) is 32.7 Å². The molecule has 134 valence electrons. The Morgan fingerprint density at radius 2 is 0.821 bits per heavy atom. The van der Waals surface area contributed by atoms with Crippen LogP contribution in [-0.2, 0) is 13.1 Å². The van der Waals surface area contributed by atoms with Gasteiger partial charge in [0.1, 0.15) is 0 Å². The second-order valence-corrected chi connectivity index (χ2v) is 7.26. The number of nitrogens with zero attached hydrogens (tertiary/aromatic N) is 2. The van der Waals surface area contributed by atoms with E-state index in [0.29, 0.717) is 0 Å². The van der Waals surface area contributed by atoms with Gasteiger partial charge in [0.15, 0.2) is 37.9 Å². The summed E-state index contributed by atoms with van der Waals surface area (Å²) in [4.78, 5) is 0. The summed E-state index contributed by atoms with van der Waals surface area (Å²) >= 11 is 0. The van der Waals surface area contributed by atoms with Gasteiger partial charge in [-0.3, -0.25) is 0 Å². The van der Waals surface area contributed by atoms with Gasteiger partial charge in [-0.2, -0.15) is 0 Å². The van der Waals surface area contributed by atoms with Gasteiger partial charge in [-0.25, -0.2) is 9.13 Å². The summed E-state index contributed by atoms with van der Waals surface area (Å²) in [7, 11) is 0. The highest BCUT2D eigenvalue weighted by molar-refractivity contribution is 5.81. The first-order valence-corrected chi connectivity index (χ1v) is 9.68. The molecule has 2 nitrogen and oxygen atoms in total. The minimum absolute atomic E-state index is 0.870. The van der Waals surface area contributed by atoms with Gasteiger partial charge < -0.3 is 0 Å². The van der Waals surface area contributed by atoms with E-state index in [2.05, 4.69) is 119 Å². The van der Waals surface area contributed by atoms with Crippen molar-refractivity contribution in [1.82, 2.24) is 0 Å². The molecule has 0 N–H and O–H groups in total. The monoisotopic (exact) mass is 362 g/mol. The van der Waals surface area contributed by atoms with Gasteiger partial charge >= 0.3 is 0 Å². The summed E-state index contributed by atoms with van der Waals surface area (Å²) in [6, 6.07) is 30.1. The van der Waals surface area contributed by atoms with Crippen LogP contribution in [0, 0.1) is 0 Å². The van der Waals surface area contributed by atoms with E-state index in [1.54, 1.807) is 0 Å². The Kier molecular flexibility index (Phi) is 4.30. The van der Waals surface area contributed by atoms with Crippen molar-refractivity contribution < 1.29 is 9.13 Å². The van der Waals surface area contributed by atoms with E-state index in [9.17, 15) is 0 Å². The molecule has 3 aromatic carbocycles. The largest absolute Gasteiger partial charge is 0.200 e. The normalized spacial score (nSPS) is 11.1. The molecule has 0 aliphatic rings. The third kappa shape index (κ3) is 3.37. The Bertz CT molecular complexity index is 1170. The first kappa shape index (κ1) is 16.6. The summed E-state index contributed by atoms with van der Waals surface area (Å²) in [5, 5.41) is 5.09. The van der Waals surface area contributed by atoms with Gasteiger partial charge in [-0.05, 0) is 22.9 Å². The summed E-state index contributed by atoms with van der Waals surface area (Å²) in [6.07, 6.45) is 8.80. The molecular weight excluding hydrogens is 340 g/mol. The zero-order valence-corrected chi connectivity index (χ0v) is 15.7. The van der Waals surface area contributed by atoms with E-state index in [4.69, 9.17) is 0 Å². The summed E-state index contributed by atoms with van der Waals surface area (Å²) in [5.74, 6) is 0. The van der Waals surface area contributed by atoms with Crippen LogP contribution in [0.25, 0.3) is 21.5 Å². The summed E-state index contributed by atoms with van der Waals surface area (Å²) in [5.41, 5.74) is 2.70. The predicted molar refractivity (Wildman–Crippen MR) is 113 cm³/mol. The standard InChI is InChI=1S/C26H22N2/c1-3-9-23-17-27(15-13-21(23)7-1)19-25-11-5-6-12-26(25)20-28-16-14-22-8-2-4-10-24(22)18-28/h1-18H,19-20H2/q+2. The molecule has 0 saturated heterocycles. The van der Waals surface area contributed by atoms with Crippen LogP contribution in [0.2, 0.25) is 0 Å². The molecule has 2 heterocycles. The fourth-order valence-corrected chi connectivity index (χ4v) is 3.81. The highest BCUT2D eigenvalue weighted by atomic mass is 14.9. The summed E-state index contributed by atoms with van der Waals surface area (Å²) < 4.78 is 4.54. The van der Waals surface area contributed by atoms with E-state index < -0.39 is 0 Å². The molecule has 5 rings (SSSR count). The van der Waals surface area contributed by atoms with Crippen molar-refractivity contribution in [1.29, 1.82) is 0 Å². The molecule has 2 aromatic heterocycles. The molecule has 0 spiro atoms. The van der Waals surface area contributed by atoms with E-state index >= 15 is 0 Å². The number of pyridine rings is 2. The topological polar surface area (TPSA) is 7.76 Å². The second kappa shape index (κ2) is 7.24. The first-order chi connectivity index (χ1) is 13.8. The van der Waals surface area contributed by atoms with Gasteiger partial charge in [0.2, 0.25) is 0 Å². The van der Waals surface area contributed by atoms with Crippen molar-refractivity contribution in [2.75, 3.05) is 0 Å². The zero-order chi connectivity index (χ0) is 18.8. The van der Waals surface area contributed by atoms with Crippen LogP contribution >= 0.6 is 0 Å². The van der Waals surface area contributed by atoms with Crippen LogP contribution in [0.4, 0.5) is 0 Å².